The Labute approximate surface area is 116 Å². The summed E-state index contributed by atoms with van der Waals surface area (Å²) in [6, 6.07) is 4.18. The molecule has 3 N–H and O–H groups in total. The molecule has 4 nitrogen and oxygen atoms in total. The average Bonchev–Trinajstić information content (AvgIpc) is 2.39. The fourth-order valence-corrected chi connectivity index (χ4v) is 2.20. The van der Waals surface area contributed by atoms with E-state index in [0.29, 0.717) is 6.42 Å². The number of rotatable bonds is 5. The van der Waals surface area contributed by atoms with Crippen LogP contribution in [0.4, 0.5) is 0 Å². The molecule has 1 aromatic rings. The van der Waals surface area contributed by atoms with Gasteiger partial charge in [-0.1, -0.05) is 13.0 Å². The van der Waals surface area contributed by atoms with Gasteiger partial charge in [0.15, 0.2) is 11.5 Å². The summed E-state index contributed by atoms with van der Waals surface area (Å²) in [4.78, 5) is 12.0. The SMILES string of the molecule is CCC(CCl)(CCl)NC(=O)c1cccc(O)c1O. The molecule has 0 radical (unpaired) electrons. The fourth-order valence-electron chi connectivity index (χ4n) is 1.40. The maximum absolute atomic E-state index is 12.0. The lowest BCUT2D eigenvalue weighted by Crippen LogP contribution is -2.51. The van der Waals surface area contributed by atoms with Crippen LogP contribution in [0, 0.1) is 0 Å². The quantitative estimate of drug-likeness (QED) is 0.576. The number of nitrogens with one attached hydrogen (secondary N) is 1. The van der Waals surface area contributed by atoms with E-state index in [0.717, 1.165) is 0 Å². The zero-order valence-corrected chi connectivity index (χ0v) is 11.4. The normalized spacial score (nSPS) is 11.3. The molecule has 18 heavy (non-hydrogen) atoms. The summed E-state index contributed by atoms with van der Waals surface area (Å²) in [6.07, 6.45) is 0.561. The Balaban J connectivity index is 2.98. The van der Waals surface area contributed by atoms with Gasteiger partial charge in [0.2, 0.25) is 0 Å². The third-order valence-electron chi connectivity index (χ3n) is 2.83. The van der Waals surface area contributed by atoms with E-state index in [1.807, 2.05) is 6.92 Å². The lowest BCUT2D eigenvalue weighted by molar-refractivity contribution is 0.0910. The van der Waals surface area contributed by atoms with Gasteiger partial charge in [-0.05, 0) is 18.6 Å². The third-order valence-corrected chi connectivity index (χ3v) is 3.85. The van der Waals surface area contributed by atoms with Gasteiger partial charge in [-0.2, -0.15) is 0 Å². The molecule has 0 atom stereocenters. The van der Waals surface area contributed by atoms with Crippen LogP contribution in [0.1, 0.15) is 23.7 Å². The Morgan fingerprint density at radius 2 is 1.94 bits per heavy atom. The van der Waals surface area contributed by atoms with E-state index in [-0.39, 0.29) is 23.1 Å². The molecule has 0 aliphatic carbocycles. The molecule has 100 valence electrons. The summed E-state index contributed by atoms with van der Waals surface area (Å²) in [6.45, 7) is 1.85. The number of hydrogen-bond donors (Lipinski definition) is 3. The highest BCUT2D eigenvalue weighted by Crippen LogP contribution is 2.28. The average molecular weight is 292 g/mol. The maximum atomic E-state index is 12.0. The number of carbonyl (C=O) groups excluding carboxylic acids is 1. The minimum absolute atomic E-state index is 0.0111. The van der Waals surface area contributed by atoms with Gasteiger partial charge in [0.05, 0.1) is 11.1 Å². The molecule has 6 heteroatoms. The van der Waals surface area contributed by atoms with Gasteiger partial charge in [-0.3, -0.25) is 4.79 Å². The highest BCUT2D eigenvalue weighted by Gasteiger charge is 2.29. The first-order valence-electron chi connectivity index (χ1n) is 5.45. The number of amides is 1. The van der Waals surface area contributed by atoms with Crippen LogP contribution in [0.5, 0.6) is 11.5 Å². The standard InChI is InChI=1S/C12H15Cl2NO3/c1-2-12(6-13,7-14)15-11(18)8-4-3-5-9(16)10(8)17/h3-5,16-17H,2,6-7H2,1H3,(H,15,18). The molecule has 0 aliphatic heterocycles. The highest BCUT2D eigenvalue weighted by molar-refractivity contribution is 6.22. The summed E-state index contributed by atoms with van der Waals surface area (Å²) in [5, 5.41) is 21.6. The van der Waals surface area contributed by atoms with Crippen molar-refractivity contribution in [1.82, 2.24) is 5.32 Å². The monoisotopic (exact) mass is 291 g/mol. The number of benzene rings is 1. The van der Waals surface area contributed by atoms with Gasteiger partial charge >= 0.3 is 0 Å². The maximum Gasteiger partial charge on any atom is 0.255 e. The van der Waals surface area contributed by atoms with Gasteiger partial charge in [0.25, 0.3) is 5.91 Å². The molecule has 0 saturated carbocycles. The number of halogens is 2. The molecule has 0 unspecified atom stereocenters. The molecule has 1 amide bonds. The van der Waals surface area contributed by atoms with Gasteiger partial charge in [0.1, 0.15) is 0 Å². The molecule has 0 heterocycles. The molecule has 0 aromatic heterocycles. The minimum atomic E-state index is -0.724. The van der Waals surface area contributed by atoms with Crippen LogP contribution in [0.2, 0.25) is 0 Å². The van der Waals surface area contributed by atoms with Crippen LogP contribution in [-0.4, -0.2) is 33.4 Å². The molecule has 1 rings (SSSR count). The van der Waals surface area contributed by atoms with Crippen molar-refractivity contribution in [1.29, 1.82) is 0 Å². The van der Waals surface area contributed by atoms with E-state index < -0.39 is 17.2 Å². The van der Waals surface area contributed by atoms with Gasteiger partial charge in [-0.25, -0.2) is 0 Å². The van der Waals surface area contributed by atoms with E-state index in [1.165, 1.54) is 18.2 Å². The first-order chi connectivity index (χ1) is 8.49. The second-order valence-corrected chi connectivity index (χ2v) is 4.56. The molecule has 0 saturated heterocycles. The number of aromatic hydroxyl groups is 2. The summed E-state index contributed by atoms with van der Waals surface area (Å²) in [7, 11) is 0. The third kappa shape index (κ3) is 3.00. The van der Waals surface area contributed by atoms with Crippen molar-refractivity contribution in [3.8, 4) is 11.5 Å². The van der Waals surface area contributed by atoms with Crippen LogP contribution in [0.25, 0.3) is 0 Å². The summed E-state index contributed by atoms with van der Waals surface area (Å²) < 4.78 is 0. The van der Waals surface area contributed by atoms with Crippen LogP contribution < -0.4 is 5.32 Å². The first-order valence-corrected chi connectivity index (χ1v) is 6.52. The number of para-hydroxylation sites is 1. The largest absolute Gasteiger partial charge is 0.504 e. The number of carbonyl (C=O) groups is 1. The van der Waals surface area contributed by atoms with E-state index in [9.17, 15) is 15.0 Å². The highest BCUT2D eigenvalue weighted by atomic mass is 35.5. The smallest absolute Gasteiger partial charge is 0.255 e. The van der Waals surface area contributed by atoms with E-state index in [2.05, 4.69) is 5.32 Å². The van der Waals surface area contributed by atoms with Crippen molar-refractivity contribution >= 4 is 29.1 Å². The molecule has 0 spiro atoms. The van der Waals surface area contributed by atoms with Crippen molar-refractivity contribution in [3.63, 3.8) is 0 Å². The van der Waals surface area contributed by atoms with E-state index >= 15 is 0 Å². The Morgan fingerprint density at radius 1 is 1.33 bits per heavy atom. The summed E-state index contributed by atoms with van der Waals surface area (Å²) in [5.41, 5.74) is -0.735. The Kier molecular flexibility index (Phi) is 5.11. The molecular weight excluding hydrogens is 277 g/mol. The van der Waals surface area contributed by atoms with Crippen molar-refractivity contribution < 1.29 is 15.0 Å². The zero-order valence-electron chi connectivity index (χ0n) is 9.91. The predicted molar refractivity (Wildman–Crippen MR) is 71.7 cm³/mol. The number of alkyl halides is 2. The van der Waals surface area contributed by atoms with Crippen molar-refractivity contribution in [2.45, 2.75) is 18.9 Å². The molecule has 1 aromatic carbocycles. The van der Waals surface area contributed by atoms with Gasteiger partial charge in [0, 0.05) is 11.8 Å². The minimum Gasteiger partial charge on any atom is -0.504 e. The Bertz CT molecular complexity index is 425. The van der Waals surface area contributed by atoms with Crippen LogP contribution >= 0.6 is 23.2 Å². The second kappa shape index (κ2) is 6.16. The zero-order chi connectivity index (χ0) is 13.8. The van der Waals surface area contributed by atoms with Crippen LogP contribution in [-0.2, 0) is 0 Å². The van der Waals surface area contributed by atoms with Crippen molar-refractivity contribution in [2.75, 3.05) is 11.8 Å². The van der Waals surface area contributed by atoms with Crippen molar-refractivity contribution in [3.05, 3.63) is 23.8 Å². The topological polar surface area (TPSA) is 69.6 Å². The number of phenolic OH excluding ortho intramolecular Hbond substituents is 2. The molecule has 0 aliphatic rings. The molecule has 0 bridgehead atoms. The van der Waals surface area contributed by atoms with E-state index in [1.54, 1.807) is 0 Å². The first kappa shape index (κ1) is 14.9. The second-order valence-electron chi connectivity index (χ2n) is 4.03. The number of hydrogen-bond acceptors (Lipinski definition) is 3. The summed E-state index contributed by atoms with van der Waals surface area (Å²) in [5.74, 6) is -0.992. The molecule has 0 fully saturated rings. The van der Waals surface area contributed by atoms with Gasteiger partial charge in [-0.15, -0.1) is 23.2 Å². The fraction of sp³-hybridized carbons (Fsp3) is 0.417. The lowest BCUT2D eigenvalue weighted by atomic mass is 10.0. The van der Waals surface area contributed by atoms with Crippen molar-refractivity contribution in [2.24, 2.45) is 0 Å². The molecular formula is C12H15Cl2NO3. The van der Waals surface area contributed by atoms with Gasteiger partial charge < -0.3 is 15.5 Å². The Morgan fingerprint density at radius 3 is 2.44 bits per heavy atom. The Hall–Kier alpha value is -1.13. The lowest BCUT2D eigenvalue weighted by Gasteiger charge is -2.29. The van der Waals surface area contributed by atoms with Crippen LogP contribution in [0.15, 0.2) is 18.2 Å². The van der Waals surface area contributed by atoms with Crippen LogP contribution in [0.3, 0.4) is 0 Å². The summed E-state index contributed by atoms with van der Waals surface area (Å²) >= 11 is 11.6. The number of phenols is 2. The van der Waals surface area contributed by atoms with E-state index in [4.69, 9.17) is 23.2 Å². The predicted octanol–water partition coefficient (Wildman–Crippen LogP) is 2.45.